The van der Waals surface area contributed by atoms with Crippen molar-refractivity contribution in [2.75, 3.05) is 12.4 Å². The Morgan fingerprint density at radius 1 is 1.47 bits per heavy atom. The maximum Gasteiger partial charge on any atom is 0.227 e. The van der Waals surface area contributed by atoms with Gasteiger partial charge in [-0.15, -0.1) is 0 Å². The fraction of sp³-hybridized carbons (Fsp3) is 0.222. The van der Waals surface area contributed by atoms with Gasteiger partial charge in [0.1, 0.15) is 0 Å². The largest absolute Gasteiger partial charge is 0.392 e. The molecule has 0 aromatic carbocycles. The van der Waals surface area contributed by atoms with Gasteiger partial charge in [0.15, 0.2) is 0 Å². The molecule has 0 aliphatic heterocycles. The van der Waals surface area contributed by atoms with Crippen molar-refractivity contribution < 1.29 is 0 Å². The van der Waals surface area contributed by atoms with Crippen LogP contribution < -0.4 is 10.6 Å². The van der Waals surface area contributed by atoms with Gasteiger partial charge < -0.3 is 16.0 Å². The van der Waals surface area contributed by atoms with Gasteiger partial charge in [0.2, 0.25) is 5.95 Å². The molecule has 0 unspecified atom stereocenters. The molecule has 0 saturated heterocycles. The molecular formula is C9H12BrN5. The molecule has 0 amide bonds. The molecule has 0 bridgehead atoms. The fourth-order valence-electron chi connectivity index (χ4n) is 0.880. The third-order valence-corrected chi connectivity index (χ3v) is 1.97. The Hall–Kier alpha value is -1.43. The van der Waals surface area contributed by atoms with E-state index in [-0.39, 0.29) is 0 Å². The van der Waals surface area contributed by atoms with E-state index >= 15 is 0 Å². The highest BCUT2D eigenvalue weighted by atomic mass is 79.9. The zero-order valence-electron chi connectivity index (χ0n) is 8.50. The second-order valence-electron chi connectivity index (χ2n) is 2.82. The van der Waals surface area contributed by atoms with Gasteiger partial charge in [-0.3, -0.25) is 0 Å². The van der Waals surface area contributed by atoms with E-state index in [0.29, 0.717) is 17.4 Å². The van der Waals surface area contributed by atoms with Crippen molar-refractivity contribution in [1.29, 1.82) is 5.41 Å². The lowest BCUT2D eigenvalue weighted by molar-refractivity contribution is 1.07. The van der Waals surface area contributed by atoms with Gasteiger partial charge in [-0.25, -0.2) is 9.97 Å². The van der Waals surface area contributed by atoms with Crippen molar-refractivity contribution in [3.63, 3.8) is 0 Å². The molecule has 0 radical (unpaired) electrons. The van der Waals surface area contributed by atoms with Gasteiger partial charge in [0.25, 0.3) is 0 Å². The SMILES string of the molecule is CN/C=C(/Nc1ncc(Br)cn1)C(C)=N. The summed E-state index contributed by atoms with van der Waals surface area (Å²) >= 11 is 3.25. The molecule has 3 N–H and O–H groups in total. The molecule has 0 aliphatic rings. The molecule has 6 heteroatoms. The Labute approximate surface area is 96.7 Å². The van der Waals surface area contributed by atoms with E-state index in [1.807, 2.05) is 0 Å². The van der Waals surface area contributed by atoms with Crippen LogP contribution in [0.15, 0.2) is 28.8 Å². The third kappa shape index (κ3) is 3.67. The van der Waals surface area contributed by atoms with Crippen LogP contribution in [0.4, 0.5) is 5.95 Å². The molecule has 1 heterocycles. The lowest BCUT2D eigenvalue weighted by Gasteiger charge is -2.07. The fourth-order valence-corrected chi connectivity index (χ4v) is 1.08. The Bertz CT molecular complexity index is 371. The summed E-state index contributed by atoms with van der Waals surface area (Å²) in [5, 5.41) is 13.3. The van der Waals surface area contributed by atoms with E-state index in [1.54, 1.807) is 32.6 Å². The molecule has 15 heavy (non-hydrogen) atoms. The van der Waals surface area contributed by atoms with Gasteiger partial charge >= 0.3 is 0 Å². The van der Waals surface area contributed by atoms with Crippen LogP contribution in [0, 0.1) is 5.41 Å². The quantitative estimate of drug-likeness (QED) is 0.729. The van der Waals surface area contributed by atoms with E-state index in [0.717, 1.165) is 4.47 Å². The van der Waals surface area contributed by atoms with Gasteiger partial charge in [-0.2, -0.15) is 0 Å². The number of aromatic nitrogens is 2. The van der Waals surface area contributed by atoms with Crippen molar-refractivity contribution in [1.82, 2.24) is 15.3 Å². The highest BCUT2D eigenvalue weighted by molar-refractivity contribution is 9.10. The Morgan fingerprint density at radius 2 is 2.07 bits per heavy atom. The standard InChI is InChI=1S/C9H12BrN5/c1-6(11)8(5-12-2)15-9-13-3-7(10)4-14-9/h3-5,11-12H,1-2H3,(H,13,14,15)/b8-5+,11-6?. The second-order valence-corrected chi connectivity index (χ2v) is 3.74. The average molecular weight is 270 g/mol. The number of hydrogen-bond acceptors (Lipinski definition) is 5. The normalized spacial score (nSPS) is 11.0. The van der Waals surface area contributed by atoms with Crippen molar-refractivity contribution >= 4 is 27.6 Å². The molecule has 0 spiro atoms. The van der Waals surface area contributed by atoms with Crippen molar-refractivity contribution in [2.24, 2.45) is 0 Å². The first-order chi connectivity index (χ1) is 7.13. The summed E-state index contributed by atoms with van der Waals surface area (Å²) in [5.41, 5.74) is 1.05. The molecule has 1 aromatic rings. The summed E-state index contributed by atoms with van der Waals surface area (Å²) in [7, 11) is 1.77. The number of nitrogens with zero attached hydrogens (tertiary/aromatic N) is 2. The summed E-state index contributed by atoms with van der Waals surface area (Å²) in [5.74, 6) is 0.464. The third-order valence-electron chi connectivity index (χ3n) is 1.56. The number of hydrogen-bond donors (Lipinski definition) is 3. The summed E-state index contributed by atoms with van der Waals surface area (Å²) in [6.07, 6.45) is 4.98. The van der Waals surface area contributed by atoms with Crippen LogP contribution in [-0.4, -0.2) is 22.7 Å². The van der Waals surface area contributed by atoms with E-state index in [1.165, 1.54) is 0 Å². The molecule has 80 valence electrons. The zero-order valence-corrected chi connectivity index (χ0v) is 10.1. The molecular weight excluding hydrogens is 258 g/mol. The number of allylic oxidation sites excluding steroid dienone is 1. The Kier molecular flexibility index (Phi) is 4.23. The Morgan fingerprint density at radius 3 is 2.53 bits per heavy atom. The Balaban J connectivity index is 2.79. The van der Waals surface area contributed by atoms with Crippen LogP contribution in [-0.2, 0) is 0 Å². The van der Waals surface area contributed by atoms with Gasteiger partial charge in [0, 0.05) is 25.6 Å². The molecule has 5 nitrogen and oxygen atoms in total. The van der Waals surface area contributed by atoms with Crippen LogP contribution in [0.25, 0.3) is 0 Å². The first kappa shape index (κ1) is 11.6. The number of halogens is 1. The molecule has 0 saturated carbocycles. The first-order valence-corrected chi connectivity index (χ1v) is 5.10. The number of nitrogens with one attached hydrogen (secondary N) is 3. The van der Waals surface area contributed by atoms with Crippen LogP contribution in [0.3, 0.4) is 0 Å². The topological polar surface area (TPSA) is 73.7 Å². The highest BCUT2D eigenvalue weighted by Gasteiger charge is 2.02. The van der Waals surface area contributed by atoms with E-state index < -0.39 is 0 Å². The number of rotatable bonds is 4. The lowest BCUT2D eigenvalue weighted by atomic mass is 10.3. The molecule has 1 rings (SSSR count). The average Bonchev–Trinajstić information content (AvgIpc) is 2.20. The van der Waals surface area contributed by atoms with Crippen LogP contribution in [0.1, 0.15) is 6.92 Å². The maximum atomic E-state index is 7.51. The minimum atomic E-state index is 0.413. The predicted molar refractivity (Wildman–Crippen MR) is 63.9 cm³/mol. The van der Waals surface area contributed by atoms with Gasteiger partial charge in [-0.05, 0) is 22.9 Å². The van der Waals surface area contributed by atoms with Crippen LogP contribution in [0.2, 0.25) is 0 Å². The molecule has 0 atom stereocenters. The maximum absolute atomic E-state index is 7.51. The van der Waals surface area contributed by atoms with Crippen LogP contribution >= 0.6 is 15.9 Å². The smallest absolute Gasteiger partial charge is 0.227 e. The molecule has 1 aromatic heterocycles. The highest BCUT2D eigenvalue weighted by Crippen LogP contribution is 2.08. The lowest BCUT2D eigenvalue weighted by Crippen LogP contribution is -2.13. The number of anilines is 1. The minimum absolute atomic E-state index is 0.413. The van der Waals surface area contributed by atoms with Crippen LogP contribution in [0.5, 0.6) is 0 Å². The summed E-state index contributed by atoms with van der Waals surface area (Å²) < 4.78 is 0.818. The zero-order chi connectivity index (χ0) is 11.3. The summed E-state index contributed by atoms with van der Waals surface area (Å²) in [6.45, 7) is 1.69. The van der Waals surface area contributed by atoms with Crippen molar-refractivity contribution in [2.45, 2.75) is 6.92 Å². The van der Waals surface area contributed by atoms with Gasteiger partial charge in [-0.1, -0.05) is 0 Å². The predicted octanol–water partition coefficient (Wildman–Crippen LogP) is 1.75. The summed E-state index contributed by atoms with van der Waals surface area (Å²) in [6, 6.07) is 0. The minimum Gasteiger partial charge on any atom is -0.392 e. The molecule has 0 aliphatic carbocycles. The van der Waals surface area contributed by atoms with Gasteiger partial charge in [0.05, 0.1) is 15.9 Å². The monoisotopic (exact) mass is 269 g/mol. The summed E-state index contributed by atoms with van der Waals surface area (Å²) in [4.78, 5) is 8.10. The first-order valence-electron chi connectivity index (χ1n) is 4.31. The second kappa shape index (κ2) is 5.45. The van der Waals surface area contributed by atoms with E-state index in [2.05, 4.69) is 36.5 Å². The van der Waals surface area contributed by atoms with Crippen molar-refractivity contribution in [3.05, 3.63) is 28.8 Å². The van der Waals surface area contributed by atoms with E-state index in [4.69, 9.17) is 5.41 Å². The van der Waals surface area contributed by atoms with E-state index in [9.17, 15) is 0 Å². The van der Waals surface area contributed by atoms with Crippen molar-refractivity contribution in [3.8, 4) is 0 Å². The molecule has 0 fully saturated rings.